The number of ether oxygens (including phenoxy) is 1. The molecule has 0 aliphatic carbocycles. The molecule has 0 bridgehead atoms. The van der Waals surface area contributed by atoms with E-state index >= 15 is 0 Å². The highest BCUT2D eigenvalue weighted by atomic mass is 32.2. The lowest BCUT2D eigenvalue weighted by molar-refractivity contribution is 0.347. The quantitative estimate of drug-likeness (QED) is 0.846. The van der Waals surface area contributed by atoms with Crippen LogP contribution in [0, 0.1) is 0 Å². The molecule has 0 heterocycles. The van der Waals surface area contributed by atoms with Crippen molar-refractivity contribution >= 4 is 12.1 Å². The first-order valence-corrected chi connectivity index (χ1v) is 5.01. The number of rotatable bonds is 5. The van der Waals surface area contributed by atoms with Crippen LogP contribution >= 0.6 is 12.1 Å². The molecule has 0 amide bonds. The van der Waals surface area contributed by atoms with E-state index in [4.69, 9.17) is 10.5 Å². The molecule has 15 heavy (non-hydrogen) atoms. The molecule has 0 radical (unpaired) electrons. The van der Waals surface area contributed by atoms with Crippen LogP contribution in [-0.4, -0.2) is 13.2 Å². The summed E-state index contributed by atoms with van der Waals surface area (Å²) >= 11 is 0.164. The molecule has 0 aliphatic rings. The van der Waals surface area contributed by atoms with E-state index in [9.17, 15) is 8.28 Å². The molecule has 2 nitrogen and oxygen atoms in total. The van der Waals surface area contributed by atoms with Gasteiger partial charge in [0.05, 0.1) is 18.5 Å². The van der Waals surface area contributed by atoms with Crippen LogP contribution in [-0.2, 0) is 0 Å². The Morgan fingerprint density at radius 2 is 2.07 bits per heavy atom. The fraction of sp³-hybridized carbons (Fsp3) is 0.200. The standard InChI is InChI=1S/C10H11F2NOS/c11-5-8(6-13)7-14-9-1-3-10(15-12)4-2-9/h1-5H,6-7,13H2. The molecule has 0 atom stereocenters. The molecule has 0 fully saturated rings. The van der Waals surface area contributed by atoms with Gasteiger partial charge < -0.3 is 10.5 Å². The fourth-order valence-electron chi connectivity index (χ4n) is 0.898. The highest BCUT2D eigenvalue weighted by Crippen LogP contribution is 2.21. The number of benzene rings is 1. The first kappa shape index (κ1) is 12.0. The lowest BCUT2D eigenvalue weighted by Gasteiger charge is -2.06. The molecule has 5 heteroatoms. The van der Waals surface area contributed by atoms with Crippen molar-refractivity contribution in [2.24, 2.45) is 5.73 Å². The minimum absolute atomic E-state index is 0.106. The second-order valence-corrected chi connectivity index (χ2v) is 3.43. The summed E-state index contributed by atoms with van der Waals surface area (Å²) in [6.45, 7) is 0.226. The van der Waals surface area contributed by atoms with E-state index in [1.807, 2.05) is 0 Å². The Bertz CT molecular complexity index is 327. The molecule has 1 aromatic rings. The average molecular weight is 231 g/mol. The molecule has 1 rings (SSSR count). The van der Waals surface area contributed by atoms with E-state index in [0.717, 1.165) is 0 Å². The van der Waals surface area contributed by atoms with Crippen LogP contribution < -0.4 is 10.5 Å². The number of halogens is 2. The highest BCUT2D eigenvalue weighted by molar-refractivity contribution is 7.94. The van der Waals surface area contributed by atoms with Gasteiger partial charge in [-0.1, -0.05) is 0 Å². The molecule has 0 aromatic heterocycles. The third kappa shape index (κ3) is 3.89. The van der Waals surface area contributed by atoms with Gasteiger partial charge >= 0.3 is 0 Å². The van der Waals surface area contributed by atoms with Gasteiger partial charge in [0.2, 0.25) is 0 Å². The third-order valence-corrected chi connectivity index (χ3v) is 2.20. The van der Waals surface area contributed by atoms with Crippen LogP contribution in [0.3, 0.4) is 0 Å². The van der Waals surface area contributed by atoms with Crippen LogP contribution in [0.5, 0.6) is 5.75 Å². The monoisotopic (exact) mass is 231 g/mol. The molecule has 82 valence electrons. The molecule has 0 unspecified atom stereocenters. The predicted octanol–water partition coefficient (Wildman–Crippen LogP) is 2.85. The molecular formula is C10H11F2NOS. The smallest absolute Gasteiger partial charge is 0.119 e. The molecule has 0 spiro atoms. The van der Waals surface area contributed by atoms with Gasteiger partial charge in [-0.25, -0.2) is 4.39 Å². The Morgan fingerprint density at radius 3 is 2.53 bits per heavy atom. The Balaban J connectivity index is 2.51. The Morgan fingerprint density at radius 1 is 1.40 bits per heavy atom. The van der Waals surface area contributed by atoms with Crippen molar-refractivity contribution in [1.29, 1.82) is 0 Å². The third-order valence-electron chi connectivity index (χ3n) is 1.75. The summed E-state index contributed by atoms with van der Waals surface area (Å²) < 4.78 is 29.4. The molecular weight excluding hydrogens is 220 g/mol. The minimum atomic E-state index is 0.106. The summed E-state index contributed by atoms with van der Waals surface area (Å²) in [5.74, 6) is 0.556. The summed E-state index contributed by atoms with van der Waals surface area (Å²) in [4.78, 5) is 0.502. The molecule has 0 saturated heterocycles. The molecule has 1 aromatic carbocycles. The molecule has 2 N–H and O–H groups in total. The van der Waals surface area contributed by atoms with Crippen molar-refractivity contribution in [3.63, 3.8) is 0 Å². The van der Waals surface area contributed by atoms with E-state index in [2.05, 4.69) is 0 Å². The van der Waals surface area contributed by atoms with Crippen molar-refractivity contribution in [2.45, 2.75) is 4.90 Å². The summed E-state index contributed by atoms with van der Waals surface area (Å²) in [6.07, 6.45) is 0.436. The zero-order valence-corrected chi connectivity index (χ0v) is 8.77. The normalized spacial score (nSPS) is 11.5. The van der Waals surface area contributed by atoms with Gasteiger partial charge in [0.15, 0.2) is 0 Å². The first-order chi connectivity index (χ1) is 7.30. The molecule has 0 aliphatic heterocycles. The Labute approximate surface area is 91.4 Å². The Kier molecular flexibility index (Phi) is 5.14. The van der Waals surface area contributed by atoms with Gasteiger partial charge in [-0.2, -0.15) is 3.89 Å². The summed E-state index contributed by atoms with van der Waals surface area (Å²) in [7, 11) is 0. The maximum atomic E-state index is 12.1. The van der Waals surface area contributed by atoms with Gasteiger partial charge in [0.1, 0.15) is 12.4 Å². The van der Waals surface area contributed by atoms with Crippen LogP contribution in [0.4, 0.5) is 8.28 Å². The van der Waals surface area contributed by atoms with Crippen molar-refractivity contribution in [1.82, 2.24) is 0 Å². The lowest BCUT2D eigenvalue weighted by atomic mass is 10.3. The van der Waals surface area contributed by atoms with Gasteiger partial charge in [-0.05, 0) is 24.3 Å². The average Bonchev–Trinajstić information content (AvgIpc) is 2.31. The van der Waals surface area contributed by atoms with Crippen LogP contribution in [0.15, 0.2) is 41.1 Å². The zero-order valence-electron chi connectivity index (χ0n) is 7.95. The SMILES string of the molecule is NCC(=CF)COc1ccc(SF)cc1. The number of hydrogen-bond donors (Lipinski definition) is 1. The van der Waals surface area contributed by atoms with Crippen LogP contribution in [0.1, 0.15) is 0 Å². The summed E-state index contributed by atoms with van der Waals surface area (Å²) in [6, 6.07) is 6.41. The van der Waals surface area contributed by atoms with Crippen molar-refractivity contribution < 1.29 is 13.0 Å². The second kappa shape index (κ2) is 6.42. The highest BCUT2D eigenvalue weighted by Gasteiger charge is 1.98. The topological polar surface area (TPSA) is 35.2 Å². The number of hydrogen-bond acceptors (Lipinski definition) is 3. The second-order valence-electron chi connectivity index (χ2n) is 2.81. The zero-order chi connectivity index (χ0) is 11.1. The van der Waals surface area contributed by atoms with Gasteiger partial charge in [-0.15, -0.1) is 0 Å². The van der Waals surface area contributed by atoms with Gasteiger partial charge in [-0.3, -0.25) is 0 Å². The summed E-state index contributed by atoms with van der Waals surface area (Å²) in [5, 5.41) is 0. The maximum absolute atomic E-state index is 12.1. The van der Waals surface area contributed by atoms with Crippen molar-refractivity contribution in [2.75, 3.05) is 13.2 Å². The molecule has 0 saturated carbocycles. The fourth-order valence-corrected chi connectivity index (χ4v) is 1.14. The maximum Gasteiger partial charge on any atom is 0.119 e. The van der Waals surface area contributed by atoms with Gasteiger partial charge in [0, 0.05) is 17.0 Å². The minimum Gasteiger partial charge on any atom is -0.489 e. The van der Waals surface area contributed by atoms with E-state index in [0.29, 0.717) is 22.5 Å². The van der Waals surface area contributed by atoms with Crippen LogP contribution in [0.25, 0.3) is 0 Å². The van der Waals surface area contributed by atoms with E-state index in [1.54, 1.807) is 24.3 Å². The first-order valence-electron chi connectivity index (χ1n) is 4.29. The lowest BCUT2D eigenvalue weighted by Crippen LogP contribution is -2.10. The van der Waals surface area contributed by atoms with Crippen LogP contribution in [0.2, 0.25) is 0 Å². The predicted molar refractivity (Wildman–Crippen MR) is 57.1 cm³/mol. The van der Waals surface area contributed by atoms with Crippen molar-refractivity contribution in [3.8, 4) is 5.75 Å². The largest absolute Gasteiger partial charge is 0.489 e. The van der Waals surface area contributed by atoms with Crippen molar-refractivity contribution in [3.05, 3.63) is 36.2 Å². The van der Waals surface area contributed by atoms with E-state index < -0.39 is 0 Å². The van der Waals surface area contributed by atoms with Gasteiger partial charge in [0.25, 0.3) is 0 Å². The van der Waals surface area contributed by atoms with E-state index in [-0.39, 0.29) is 25.3 Å². The van der Waals surface area contributed by atoms with E-state index in [1.165, 1.54) is 0 Å². The summed E-state index contributed by atoms with van der Waals surface area (Å²) in [5.41, 5.74) is 5.63. The number of nitrogens with two attached hydrogens (primary N) is 1. The Hall–Kier alpha value is -1.07.